The predicted octanol–water partition coefficient (Wildman–Crippen LogP) is 4.05. The Kier molecular flexibility index (Phi) is 7.87. The van der Waals surface area contributed by atoms with Crippen LogP contribution in [0.1, 0.15) is 48.5 Å². The van der Waals surface area contributed by atoms with E-state index in [1.54, 1.807) is 6.20 Å². The lowest BCUT2D eigenvalue weighted by molar-refractivity contribution is -0.109. The zero-order valence-electron chi connectivity index (χ0n) is 20.5. The minimum absolute atomic E-state index is 0.135. The molecule has 1 fully saturated rings. The summed E-state index contributed by atoms with van der Waals surface area (Å²) in [7, 11) is 1.99. The summed E-state index contributed by atoms with van der Waals surface area (Å²) in [4.78, 5) is 19.8. The van der Waals surface area contributed by atoms with E-state index >= 15 is 0 Å². The Labute approximate surface area is 207 Å². The van der Waals surface area contributed by atoms with E-state index in [0.717, 1.165) is 66.5 Å². The highest BCUT2D eigenvalue weighted by Gasteiger charge is 2.38. The number of nitrogens with zero attached hydrogens (tertiary/aromatic N) is 2. The predicted molar refractivity (Wildman–Crippen MR) is 140 cm³/mol. The Morgan fingerprint density at radius 3 is 2.89 bits per heavy atom. The van der Waals surface area contributed by atoms with Crippen LogP contribution in [0, 0.1) is 17.7 Å². The summed E-state index contributed by atoms with van der Waals surface area (Å²) in [5, 5.41) is 19.7. The molecule has 3 heterocycles. The number of hydrogen-bond donors (Lipinski definition) is 4. The van der Waals surface area contributed by atoms with Crippen molar-refractivity contribution in [2.24, 2.45) is 5.41 Å². The maximum Gasteiger partial charge on any atom is 0.207 e. The Morgan fingerprint density at radius 1 is 1.23 bits per heavy atom. The molecule has 1 aromatic carbocycles. The molecular weight excluding hydrogens is 436 g/mol. The number of carbonyl (C=O) groups is 1. The Morgan fingerprint density at radius 2 is 2.09 bits per heavy atom. The van der Waals surface area contributed by atoms with E-state index in [2.05, 4.69) is 38.1 Å². The van der Waals surface area contributed by atoms with Crippen LogP contribution in [0.3, 0.4) is 0 Å². The molecule has 1 amide bonds. The topological polar surface area (TPSA) is 103 Å². The van der Waals surface area contributed by atoms with Crippen molar-refractivity contribution in [2.75, 3.05) is 20.1 Å². The number of nitrogens with one attached hydrogen (secondary N) is 4. The molecule has 4 rings (SSSR count). The summed E-state index contributed by atoms with van der Waals surface area (Å²) in [5.41, 5.74) is 5.34. The number of allylic oxidation sites excluding steroid dienone is 2. The van der Waals surface area contributed by atoms with E-state index in [4.69, 9.17) is 5.41 Å². The number of aryl methyl sites for hydroxylation is 1. The van der Waals surface area contributed by atoms with Gasteiger partial charge in [-0.05, 0) is 75.6 Å². The van der Waals surface area contributed by atoms with Gasteiger partial charge in [-0.15, -0.1) is 0 Å². The van der Waals surface area contributed by atoms with E-state index < -0.39 is 0 Å². The largest absolute Gasteiger partial charge is 0.388 e. The van der Waals surface area contributed by atoms with Gasteiger partial charge in [-0.2, -0.15) is 0 Å². The maximum atomic E-state index is 11.0. The number of pyridine rings is 2. The standard InChI is InChI=1S/C28H34N6O/c1-20-15-22(8-12-32-20)25(30-2)7-9-28(10-13-31-19-35)11-14-33-27(28)17-24(29)23-16-21-5-3-4-6-26(21)34-18-23/h3-6,8,12,15-19,25,29-30,33H,7,9-11,13-14H2,1-2H3,(H,31,35)/b27-17-,29-24?. The monoisotopic (exact) mass is 470 g/mol. The summed E-state index contributed by atoms with van der Waals surface area (Å²) in [5.74, 6) is 0. The summed E-state index contributed by atoms with van der Waals surface area (Å²) in [6.45, 7) is 3.47. The lowest BCUT2D eigenvalue weighted by atomic mass is 9.75. The molecule has 2 unspecified atom stereocenters. The molecule has 2 atom stereocenters. The Hall–Kier alpha value is -3.58. The van der Waals surface area contributed by atoms with Gasteiger partial charge >= 0.3 is 0 Å². The lowest BCUT2D eigenvalue weighted by Gasteiger charge is -2.32. The van der Waals surface area contributed by atoms with Crippen molar-refractivity contribution in [1.29, 1.82) is 5.41 Å². The van der Waals surface area contributed by atoms with Gasteiger partial charge in [0.15, 0.2) is 0 Å². The molecule has 0 aliphatic carbocycles. The van der Waals surface area contributed by atoms with Gasteiger partial charge < -0.3 is 21.4 Å². The van der Waals surface area contributed by atoms with Gasteiger partial charge in [0.2, 0.25) is 6.41 Å². The van der Waals surface area contributed by atoms with Crippen molar-refractivity contribution in [2.45, 2.75) is 38.6 Å². The van der Waals surface area contributed by atoms with Crippen molar-refractivity contribution in [3.05, 3.63) is 83.5 Å². The molecule has 3 aromatic rings. The molecule has 0 spiro atoms. The minimum Gasteiger partial charge on any atom is -0.388 e. The first-order valence-corrected chi connectivity index (χ1v) is 12.2. The second-order valence-corrected chi connectivity index (χ2v) is 9.28. The molecule has 0 bridgehead atoms. The molecule has 1 aliphatic heterocycles. The highest BCUT2D eigenvalue weighted by molar-refractivity contribution is 6.08. The molecule has 4 N–H and O–H groups in total. The van der Waals surface area contributed by atoms with Gasteiger partial charge in [-0.25, -0.2) is 0 Å². The number of rotatable bonds is 11. The summed E-state index contributed by atoms with van der Waals surface area (Å²) < 4.78 is 0. The quantitative estimate of drug-likeness (QED) is 0.192. The zero-order chi connectivity index (χ0) is 24.7. The smallest absolute Gasteiger partial charge is 0.207 e. The number of para-hydroxylation sites is 1. The number of fused-ring (bicyclic) bond motifs is 1. The molecule has 7 nitrogen and oxygen atoms in total. The van der Waals surface area contributed by atoms with Crippen LogP contribution in [0.15, 0.2) is 66.6 Å². The molecule has 1 aliphatic rings. The minimum atomic E-state index is -0.135. The van der Waals surface area contributed by atoms with Gasteiger partial charge in [0, 0.05) is 59.3 Å². The highest BCUT2D eigenvalue weighted by atomic mass is 16.1. The Balaban J connectivity index is 1.59. The van der Waals surface area contributed by atoms with E-state index in [-0.39, 0.29) is 11.5 Å². The summed E-state index contributed by atoms with van der Waals surface area (Å²) in [6, 6.07) is 14.4. The van der Waals surface area contributed by atoms with E-state index in [9.17, 15) is 4.79 Å². The van der Waals surface area contributed by atoms with Crippen LogP contribution in [0.2, 0.25) is 0 Å². The van der Waals surface area contributed by atoms with Crippen LogP contribution >= 0.6 is 0 Å². The number of amides is 1. The van der Waals surface area contributed by atoms with Crippen LogP contribution < -0.4 is 16.0 Å². The molecule has 35 heavy (non-hydrogen) atoms. The van der Waals surface area contributed by atoms with Crippen LogP contribution in [0.4, 0.5) is 0 Å². The fraction of sp³-hybridized carbons (Fsp3) is 0.357. The normalized spacial score (nSPS) is 19.4. The third kappa shape index (κ3) is 5.74. The van der Waals surface area contributed by atoms with Crippen LogP contribution in [-0.4, -0.2) is 42.2 Å². The van der Waals surface area contributed by atoms with E-state index in [0.29, 0.717) is 12.3 Å². The molecule has 2 aromatic heterocycles. The first kappa shape index (κ1) is 24.5. The summed E-state index contributed by atoms with van der Waals surface area (Å²) >= 11 is 0. The number of hydrogen-bond acceptors (Lipinski definition) is 6. The van der Waals surface area contributed by atoms with Crippen LogP contribution in [0.5, 0.6) is 0 Å². The first-order chi connectivity index (χ1) is 17.0. The van der Waals surface area contributed by atoms with Crippen LogP contribution in [0.25, 0.3) is 10.9 Å². The van der Waals surface area contributed by atoms with Gasteiger partial charge in [0.05, 0.1) is 11.2 Å². The SMILES string of the molecule is CNC(CCC1(CCNC=O)CCN/C1=C\C(=N)c1cnc2ccccc2c1)c1ccnc(C)c1. The highest BCUT2D eigenvalue weighted by Crippen LogP contribution is 2.43. The van der Waals surface area contributed by atoms with Crippen molar-refractivity contribution in [3.8, 4) is 0 Å². The fourth-order valence-corrected chi connectivity index (χ4v) is 5.11. The van der Waals surface area contributed by atoms with Crippen molar-refractivity contribution in [3.63, 3.8) is 0 Å². The number of carbonyl (C=O) groups excluding carboxylic acids is 1. The van der Waals surface area contributed by atoms with Crippen molar-refractivity contribution in [1.82, 2.24) is 25.9 Å². The lowest BCUT2D eigenvalue weighted by Crippen LogP contribution is -2.30. The summed E-state index contributed by atoms with van der Waals surface area (Å²) in [6.07, 6.45) is 10.0. The second kappa shape index (κ2) is 11.2. The second-order valence-electron chi connectivity index (χ2n) is 9.28. The average molecular weight is 471 g/mol. The Bertz CT molecular complexity index is 1220. The number of benzene rings is 1. The third-order valence-corrected chi connectivity index (χ3v) is 7.09. The maximum absolute atomic E-state index is 11.0. The molecule has 7 heteroatoms. The third-order valence-electron chi connectivity index (χ3n) is 7.09. The van der Waals surface area contributed by atoms with Gasteiger partial charge in [0.25, 0.3) is 0 Å². The van der Waals surface area contributed by atoms with Gasteiger partial charge in [-0.3, -0.25) is 14.8 Å². The van der Waals surface area contributed by atoms with Crippen LogP contribution in [-0.2, 0) is 4.79 Å². The van der Waals surface area contributed by atoms with Gasteiger partial charge in [-0.1, -0.05) is 18.2 Å². The molecule has 0 saturated carbocycles. The van der Waals surface area contributed by atoms with E-state index in [1.165, 1.54) is 5.56 Å². The zero-order valence-corrected chi connectivity index (χ0v) is 20.5. The fourth-order valence-electron chi connectivity index (χ4n) is 5.11. The molecule has 0 radical (unpaired) electrons. The van der Waals surface area contributed by atoms with Gasteiger partial charge in [0.1, 0.15) is 0 Å². The number of aromatic nitrogens is 2. The van der Waals surface area contributed by atoms with Crippen molar-refractivity contribution >= 4 is 23.0 Å². The average Bonchev–Trinajstić information content (AvgIpc) is 3.26. The molecule has 182 valence electrons. The first-order valence-electron chi connectivity index (χ1n) is 12.2. The van der Waals surface area contributed by atoms with Crippen molar-refractivity contribution < 1.29 is 4.79 Å². The molecule has 1 saturated heterocycles. The molecular formula is C28H34N6O. The van der Waals surface area contributed by atoms with E-state index in [1.807, 2.05) is 56.6 Å².